The number of aryl methyl sites for hydroxylation is 2. The van der Waals surface area contributed by atoms with E-state index in [1.165, 1.54) is 7.11 Å². The van der Waals surface area contributed by atoms with Crippen molar-refractivity contribution in [3.63, 3.8) is 0 Å². The first-order chi connectivity index (χ1) is 7.22. The molecular weight excluding hydrogens is 192 g/mol. The van der Waals surface area contributed by atoms with E-state index in [9.17, 15) is 4.79 Å². The fourth-order valence-electron chi connectivity index (χ4n) is 1.79. The van der Waals surface area contributed by atoms with Gasteiger partial charge in [0.15, 0.2) is 0 Å². The number of pyridine rings is 1. The number of esters is 1. The highest BCUT2D eigenvalue weighted by Crippen LogP contribution is 2.22. The number of carbonyl (C=O) groups excluding carboxylic acids is 1. The summed E-state index contributed by atoms with van der Waals surface area (Å²) in [5, 5.41) is 3.22. The van der Waals surface area contributed by atoms with Gasteiger partial charge in [-0.2, -0.15) is 0 Å². The maximum Gasteiger partial charge on any atom is 0.339 e. The van der Waals surface area contributed by atoms with Crippen molar-refractivity contribution >= 4 is 11.8 Å². The topological polar surface area (TPSA) is 51.2 Å². The SMILES string of the molecule is COC(=O)c1cc2c(nc1C)NCCC2. The number of ether oxygens (including phenoxy) is 1. The van der Waals surface area contributed by atoms with Gasteiger partial charge in [0.1, 0.15) is 5.82 Å². The molecule has 1 aromatic heterocycles. The number of aromatic nitrogens is 1. The third-order valence-corrected chi connectivity index (χ3v) is 2.61. The van der Waals surface area contributed by atoms with Crippen LogP contribution in [0.5, 0.6) is 0 Å². The average molecular weight is 206 g/mol. The lowest BCUT2D eigenvalue weighted by Crippen LogP contribution is -2.16. The monoisotopic (exact) mass is 206 g/mol. The van der Waals surface area contributed by atoms with Crippen LogP contribution in [0.1, 0.15) is 28.0 Å². The van der Waals surface area contributed by atoms with Gasteiger partial charge >= 0.3 is 5.97 Å². The molecule has 0 atom stereocenters. The number of hydrogen-bond donors (Lipinski definition) is 1. The van der Waals surface area contributed by atoms with Crippen molar-refractivity contribution in [1.29, 1.82) is 0 Å². The van der Waals surface area contributed by atoms with Crippen LogP contribution in [0.2, 0.25) is 0 Å². The van der Waals surface area contributed by atoms with Gasteiger partial charge in [-0.3, -0.25) is 0 Å². The Hall–Kier alpha value is -1.58. The molecule has 0 bridgehead atoms. The van der Waals surface area contributed by atoms with E-state index in [-0.39, 0.29) is 5.97 Å². The molecule has 1 aliphatic rings. The normalized spacial score (nSPS) is 14.0. The van der Waals surface area contributed by atoms with E-state index >= 15 is 0 Å². The van der Waals surface area contributed by atoms with E-state index in [4.69, 9.17) is 4.74 Å². The third-order valence-electron chi connectivity index (χ3n) is 2.61. The van der Waals surface area contributed by atoms with Gasteiger partial charge in [0.2, 0.25) is 0 Å². The van der Waals surface area contributed by atoms with Gasteiger partial charge < -0.3 is 10.1 Å². The molecule has 0 unspecified atom stereocenters. The van der Waals surface area contributed by atoms with Crippen molar-refractivity contribution in [3.05, 3.63) is 22.9 Å². The van der Waals surface area contributed by atoms with E-state index in [0.29, 0.717) is 5.56 Å². The number of nitrogens with zero attached hydrogens (tertiary/aromatic N) is 1. The Morgan fingerprint density at radius 3 is 3.13 bits per heavy atom. The molecule has 0 aliphatic carbocycles. The lowest BCUT2D eigenvalue weighted by Gasteiger charge is -2.18. The lowest BCUT2D eigenvalue weighted by atomic mass is 10.0. The van der Waals surface area contributed by atoms with Gasteiger partial charge in [0.25, 0.3) is 0 Å². The summed E-state index contributed by atoms with van der Waals surface area (Å²) in [4.78, 5) is 15.8. The molecule has 2 rings (SSSR count). The minimum Gasteiger partial charge on any atom is -0.465 e. The lowest BCUT2D eigenvalue weighted by molar-refractivity contribution is 0.0599. The van der Waals surface area contributed by atoms with E-state index in [1.807, 2.05) is 13.0 Å². The summed E-state index contributed by atoms with van der Waals surface area (Å²) < 4.78 is 4.71. The molecule has 4 heteroatoms. The van der Waals surface area contributed by atoms with E-state index < -0.39 is 0 Å². The predicted molar refractivity (Wildman–Crippen MR) is 57.1 cm³/mol. The fraction of sp³-hybridized carbons (Fsp3) is 0.455. The standard InChI is InChI=1S/C11H14N2O2/c1-7-9(11(14)15-2)6-8-4-3-5-12-10(8)13-7/h6H,3-5H2,1-2H3,(H,12,13). The van der Waals surface area contributed by atoms with Crippen LogP contribution in [-0.4, -0.2) is 24.6 Å². The van der Waals surface area contributed by atoms with Crippen LogP contribution in [0.25, 0.3) is 0 Å². The van der Waals surface area contributed by atoms with Crippen molar-refractivity contribution < 1.29 is 9.53 Å². The molecule has 15 heavy (non-hydrogen) atoms. The highest BCUT2D eigenvalue weighted by molar-refractivity contribution is 5.91. The molecule has 0 spiro atoms. The minimum atomic E-state index is -0.312. The van der Waals surface area contributed by atoms with Crippen LogP contribution in [-0.2, 0) is 11.2 Å². The zero-order valence-electron chi connectivity index (χ0n) is 8.96. The third kappa shape index (κ3) is 1.79. The average Bonchev–Trinajstić information content (AvgIpc) is 2.27. The summed E-state index contributed by atoms with van der Waals surface area (Å²) in [7, 11) is 1.39. The molecule has 0 fully saturated rings. The van der Waals surface area contributed by atoms with Crippen molar-refractivity contribution in [2.24, 2.45) is 0 Å². The van der Waals surface area contributed by atoms with Crippen molar-refractivity contribution in [3.8, 4) is 0 Å². The van der Waals surface area contributed by atoms with Crippen LogP contribution < -0.4 is 5.32 Å². The smallest absolute Gasteiger partial charge is 0.339 e. The number of carbonyl (C=O) groups is 1. The Morgan fingerprint density at radius 2 is 2.40 bits per heavy atom. The molecular formula is C11H14N2O2. The molecule has 2 heterocycles. The highest BCUT2D eigenvalue weighted by Gasteiger charge is 2.16. The van der Waals surface area contributed by atoms with Gasteiger partial charge in [-0.1, -0.05) is 0 Å². The first kappa shape index (κ1) is 9.96. The molecule has 80 valence electrons. The van der Waals surface area contributed by atoms with Gasteiger partial charge in [-0.15, -0.1) is 0 Å². The van der Waals surface area contributed by atoms with Crippen LogP contribution in [0.3, 0.4) is 0 Å². The second-order valence-electron chi connectivity index (χ2n) is 3.65. The molecule has 1 aromatic rings. The van der Waals surface area contributed by atoms with E-state index in [1.54, 1.807) is 0 Å². The van der Waals surface area contributed by atoms with Crippen LogP contribution in [0, 0.1) is 6.92 Å². The number of hydrogen-bond acceptors (Lipinski definition) is 4. The Bertz CT molecular complexity index is 402. The fourth-order valence-corrected chi connectivity index (χ4v) is 1.79. The van der Waals surface area contributed by atoms with Crippen LogP contribution in [0.4, 0.5) is 5.82 Å². The van der Waals surface area contributed by atoms with Crippen molar-refractivity contribution in [2.45, 2.75) is 19.8 Å². The van der Waals surface area contributed by atoms with Gasteiger partial charge in [0.05, 0.1) is 18.4 Å². The number of rotatable bonds is 1. The summed E-state index contributed by atoms with van der Waals surface area (Å²) in [5.74, 6) is 0.597. The zero-order chi connectivity index (χ0) is 10.8. The summed E-state index contributed by atoms with van der Waals surface area (Å²) >= 11 is 0. The first-order valence-electron chi connectivity index (χ1n) is 5.05. The molecule has 0 saturated heterocycles. The Labute approximate surface area is 88.7 Å². The molecule has 4 nitrogen and oxygen atoms in total. The predicted octanol–water partition coefficient (Wildman–Crippen LogP) is 1.53. The number of nitrogens with one attached hydrogen (secondary N) is 1. The Morgan fingerprint density at radius 1 is 1.60 bits per heavy atom. The molecule has 0 saturated carbocycles. The maximum absolute atomic E-state index is 11.4. The highest BCUT2D eigenvalue weighted by atomic mass is 16.5. The minimum absolute atomic E-state index is 0.312. The van der Waals surface area contributed by atoms with Gasteiger partial charge in [0, 0.05) is 6.54 Å². The molecule has 0 radical (unpaired) electrons. The van der Waals surface area contributed by atoms with Crippen LogP contribution >= 0.6 is 0 Å². The second kappa shape index (κ2) is 3.88. The summed E-state index contributed by atoms with van der Waals surface area (Å²) in [6.45, 7) is 2.78. The number of methoxy groups -OCH3 is 1. The summed E-state index contributed by atoms with van der Waals surface area (Å²) in [6.07, 6.45) is 2.05. The summed E-state index contributed by atoms with van der Waals surface area (Å²) in [5.41, 5.74) is 2.39. The van der Waals surface area contributed by atoms with Crippen LogP contribution in [0.15, 0.2) is 6.07 Å². The van der Waals surface area contributed by atoms with E-state index in [0.717, 1.165) is 36.5 Å². The molecule has 0 amide bonds. The number of anilines is 1. The van der Waals surface area contributed by atoms with Crippen molar-refractivity contribution in [1.82, 2.24) is 4.98 Å². The van der Waals surface area contributed by atoms with Crippen molar-refractivity contribution in [2.75, 3.05) is 19.0 Å². The molecule has 1 N–H and O–H groups in total. The number of fused-ring (bicyclic) bond motifs is 1. The Balaban J connectivity index is 2.44. The Kier molecular flexibility index (Phi) is 2.58. The molecule has 1 aliphatic heterocycles. The first-order valence-corrected chi connectivity index (χ1v) is 5.05. The second-order valence-corrected chi connectivity index (χ2v) is 3.65. The van der Waals surface area contributed by atoms with Gasteiger partial charge in [-0.25, -0.2) is 9.78 Å². The zero-order valence-corrected chi connectivity index (χ0v) is 8.96. The maximum atomic E-state index is 11.4. The summed E-state index contributed by atoms with van der Waals surface area (Å²) in [6, 6.07) is 1.88. The van der Waals surface area contributed by atoms with Gasteiger partial charge in [-0.05, 0) is 31.4 Å². The molecule has 0 aromatic carbocycles. The van der Waals surface area contributed by atoms with E-state index in [2.05, 4.69) is 10.3 Å². The largest absolute Gasteiger partial charge is 0.465 e. The quantitative estimate of drug-likeness (QED) is 0.708.